The van der Waals surface area contributed by atoms with Gasteiger partial charge in [-0.25, -0.2) is 4.68 Å². The van der Waals surface area contributed by atoms with Crippen molar-refractivity contribution in [2.45, 2.75) is 13.5 Å². The van der Waals surface area contributed by atoms with Gasteiger partial charge >= 0.3 is 0 Å². The number of rotatable bonds is 3. The van der Waals surface area contributed by atoms with Crippen molar-refractivity contribution < 1.29 is 4.79 Å². The molecule has 0 aliphatic carbocycles. The summed E-state index contributed by atoms with van der Waals surface area (Å²) in [5, 5.41) is 13.3. The van der Waals surface area contributed by atoms with Gasteiger partial charge in [0.1, 0.15) is 12.9 Å². The van der Waals surface area contributed by atoms with Crippen molar-refractivity contribution in [1.29, 1.82) is 0 Å². The van der Waals surface area contributed by atoms with Crippen LogP contribution in [0.25, 0.3) is 0 Å². The Morgan fingerprint density at radius 1 is 1.53 bits per heavy atom. The molecule has 0 fully saturated rings. The van der Waals surface area contributed by atoms with Gasteiger partial charge in [0.15, 0.2) is 0 Å². The van der Waals surface area contributed by atoms with Gasteiger partial charge < -0.3 is 5.32 Å². The summed E-state index contributed by atoms with van der Waals surface area (Å²) in [6.07, 6.45) is 1.40. The molecule has 88 valence electrons. The van der Waals surface area contributed by atoms with Crippen molar-refractivity contribution in [1.82, 2.24) is 20.2 Å². The number of hydrogen-bond acceptors (Lipinski definition) is 4. The van der Waals surface area contributed by atoms with Gasteiger partial charge in [-0.05, 0) is 41.1 Å². The molecule has 0 saturated heterocycles. The second-order valence-electron chi connectivity index (χ2n) is 3.51. The van der Waals surface area contributed by atoms with E-state index in [9.17, 15) is 4.79 Å². The second kappa shape index (κ2) is 5.05. The van der Waals surface area contributed by atoms with Crippen LogP contribution in [-0.4, -0.2) is 26.1 Å². The third-order valence-corrected chi connectivity index (χ3v) is 2.65. The van der Waals surface area contributed by atoms with E-state index in [-0.39, 0.29) is 12.5 Å². The maximum absolute atomic E-state index is 11.7. The van der Waals surface area contributed by atoms with E-state index in [0.29, 0.717) is 0 Å². The molecule has 0 radical (unpaired) electrons. The number of aryl methyl sites for hydroxylation is 1. The van der Waals surface area contributed by atoms with Crippen molar-refractivity contribution in [2.75, 3.05) is 5.32 Å². The molecule has 1 aromatic heterocycles. The molecule has 0 saturated carbocycles. The zero-order chi connectivity index (χ0) is 12.3. The topological polar surface area (TPSA) is 72.7 Å². The third kappa shape index (κ3) is 3.10. The Hall–Kier alpha value is -1.76. The summed E-state index contributed by atoms with van der Waals surface area (Å²) >= 11 is 3.37. The first-order valence-electron chi connectivity index (χ1n) is 4.92. The number of nitrogens with zero attached hydrogens (tertiary/aromatic N) is 4. The second-order valence-corrected chi connectivity index (χ2v) is 4.43. The Labute approximate surface area is 106 Å². The van der Waals surface area contributed by atoms with Crippen LogP contribution in [0.3, 0.4) is 0 Å². The average Bonchev–Trinajstić information content (AvgIpc) is 2.75. The molecule has 7 heteroatoms. The molecule has 0 bridgehead atoms. The Kier molecular flexibility index (Phi) is 3.48. The lowest BCUT2D eigenvalue weighted by Gasteiger charge is -2.08. The Balaban J connectivity index is 2.03. The summed E-state index contributed by atoms with van der Waals surface area (Å²) in [6.45, 7) is 2.03. The monoisotopic (exact) mass is 295 g/mol. The summed E-state index contributed by atoms with van der Waals surface area (Å²) in [4.78, 5) is 11.7. The normalized spacial score (nSPS) is 10.2. The van der Waals surface area contributed by atoms with E-state index in [4.69, 9.17) is 0 Å². The first-order chi connectivity index (χ1) is 8.15. The van der Waals surface area contributed by atoms with Crippen LogP contribution in [0.5, 0.6) is 0 Å². The molecule has 1 aromatic carbocycles. The quantitative estimate of drug-likeness (QED) is 0.928. The van der Waals surface area contributed by atoms with E-state index < -0.39 is 0 Å². The van der Waals surface area contributed by atoms with Crippen LogP contribution in [-0.2, 0) is 11.3 Å². The van der Waals surface area contributed by atoms with E-state index in [1.165, 1.54) is 11.0 Å². The molecule has 1 amide bonds. The zero-order valence-corrected chi connectivity index (χ0v) is 10.7. The number of tetrazole rings is 1. The molecule has 0 unspecified atom stereocenters. The van der Waals surface area contributed by atoms with Crippen LogP contribution in [0.4, 0.5) is 5.69 Å². The number of benzene rings is 1. The van der Waals surface area contributed by atoms with E-state index in [0.717, 1.165) is 15.7 Å². The number of aromatic nitrogens is 4. The van der Waals surface area contributed by atoms with Crippen molar-refractivity contribution in [3.05, 3.63) is 34.6 Å². The molecule has 17 heavy (non-hydrogen) atoms. The number of amides is 1. The highest BCUT2D eigenvalue weighted by molar-refractivity contribution is 9.10. The maximum Gasteiger partial charge on any atom is 0.246 e. The number of carbonyl (C=O) groups is 1. The molecule has 0 spiro atoms. The van der Waals surface area contributed by atoms with Crippen molar-refractivity contribution in [3.8, 4) is 0 Å². The minimum atomic E-state index is -0.164. The summed E-state index contributed by atoms with van der Waals surface area (Å²) in [6, 6.07) is 5.66. The summed E-state index contributed by atoms with van der Waals surface area (Å²) < 4.78 is 2.34. The smallest absolute Gasteiger partial charge is 0.246 e. The molecule has 2 aromatic rings. The average molecular weight is 296 g/mol. The van der Waals surface area contributed by atoms with Gasteiger partial charge in [-0.3, -0.25) is 4.79 Å². The van der Waals surface area contributed by atoms with Crippen LogP contribution < -0.4 is 5.32 Å². The van der Waals surface area contributed by atoms with Gasteiger partial charge in [-0.1, -0.05) is 15.9 Å². The Morgan fingerprint density at radius 2 is 2.35 bits per heavy atom. The van der Waals surface area contributed by atoms with Crippen LogP contribution in [0.2, 0.25) is 0 Å². The molecule has 1 heterocycles. The Morgan fingerprint density at radius 3 is 3.00 bits per heavy atom. The van der Waals surface area contributed by atoms with Crippen LogP contribution >= 0.6 is 15.9 Å². The van der Waals surface area contributed by atoms with Crippen LogP contribution in [0.15, 0.2) is 29.0 Å². The van der Waals surface area contributed by atoms with Crippen LogP contribution in [0, 0.1) is 6.92 Å². The number of halogens is 1. The molecular formula is C10H10BrN5O. The molecule has 0 aliphatic rings. The van der Waals surface area contributed by atoms with Gasteiger partial charge in [0.2, 0.25) is 5.91 Å². The van der Waals surface area contributed by atoms with Crippen molar-refractivity contribution in [2.24, 2.45) is 0 Å². The largest absolute Gasteiger partial charge is 0.324 e. The highest BCUT2D eigenvalue weighted by atomic mass is 79.9. The fraction of sp³-hybridized carbons (Fsp3) is 0.200. The minimum absolute atomic E-state index is 0.0997. The number of hydrogen-bond donors (Lipinski definition) is 1. The van der Waals surface area contributed by atoms with E-state index in [1.54, 1.807) is 0 Å². The first kappa shape index (κ1) is 11.7. The van der Waals surface area contributed by atoms with E-state index in [2.05, 4.69) is 36.8 Å². The zero-order valence-electron chi connectivity index (χ0n) is 9.09. The molecule has 0 atom stereocenters. The molecular weight excluding hydrogens is 286 g/mol. The molecule has 2 rings (SSSR count). The standard InChI is InChI=1S/C10H10BrN5O/c1-7-4-8(11)2-3-9(7)13-10(17)5-16-6-12-14-15-16/h2-4,6H,5H2,1H3,(H,13,17). The lowest BCUT2D eigenvalue weighted by molar-refractivity contribution is -0.116. The maximum atomic E-state index is 11.7. The number of anilines is 1. The molecule has 6 nitrogen and oxygen atoms in total. The summed E-state index contributed by atoms with van der Waals surface area (Å²) in [5.74, 6) is -0.164. The highest BCUT2D eigenvalue weighted by Crippen LogP contribution is 2.19. The fourth-order valence-electron chi connectivity index (χ4n) is 1.36. The lowest BCUT2D eigenvalue weighted by atomic mass is 10.2. The van der Waals surface area contributed by atoms with Crippen molar-refractivity contribution >= 4 is 27.5 Å². The highest BCUT2D eigenvalue weighted by Gasteiger charge is 2.06. The third-order valence-electron chi connectivity index (χ3n) is 2.16. The first-order valence-corrected chi connectivity index (χ1v) is 5.71. The van der Waals surface area contributed by atoms with Gasteiger partial charge in [0, 0.05) is 10.2 Å². The van der Waals surface area contributed by atoms with Crippen molar-refractivity contribution in [3.63, 3.8) is 0 Å². The molecule has 1 N–H and O–H groups in total. The SMILES string of the molecule is Cc1cc(Br)ccc1NC(=O)Cn1cnnn1. The molecule has 0 aliphatic heterocycles. The van der Waals surface area contributed by atoms with Gasteiger partial charge in [-0.15, -0.1) is 5.10 Å². The fourth-order valence-corrected chi connectivity index (χ4v) is 1.83. The van der Waals surface area contributed by atoms with Gasteiger partial charge in [0.05, 0.1) is 0 Å². The summed E-state index contributed by atoms with van der Waals surface area (Å²) in [5.41, 5.74) is 1.77. The predicted molar refractivity (Wildman–Crippen MR) is 65.3 cm³/mol. The Bertz CT molecular complexity index is 525. The van der Waals surface area contributed by atoms with E-state index >= 15 is 0 Å². The number of carbonyl (C=O) groups excluding carboxylic acids is 1. The van der Waals surface area contributed by atoms with Crippen LogP contribution in [0.1, 0.15) is 5.56 Å². The lowest BCUT2D eigenvalue weighted by Crippen LogP contribution is -2.19. The van der Waals surface area contributed by atoms with E-state index in [1.807, 2.05) is 25.1 Å². The van der Waals surface area contributed by atoms with Gasteiger partial charge in [0.25, 0.3) is 0 Å². The number of nitrogens with one attached hydrogen (secondary N) is 1. The van der Waals surface area contributed by atoms with Gasteiger partial charge in [-0.2, -0.15) is 0 Å². The minimum Gasteiger partial charge on any atom is -0.324 e. The summed E-state index contributed by atoms with van der Waals surface area (Å²) in [7, 11) is 0. The predicted octanol–water partition coefficient (Wildman–Crippen LogP) is 1.38.